The molecule has 1 N–H and O–H groups in total. The number of hydrogen-bond donors (Lipinski definition) is 1. The van der Waals surface area contributed by atoms with Crippen LogP contribution in [-0.4, -0.2) is 10.2 Å². The van der Waals surface area contributed by atoms with Gasteiger partial charge in [0, 0.05) is 4.90 Å². The Morgan fingerprint density at radius 3 is 2.71 bits per heavy atom. The van der Waals surface area contributed by atoms with Gasteiger partial charge in [-0.1, -0.05) is 36.0 Å². The Hall–Kier alpha value is -1.52. The van der Waals surface area contributed by atoms with Gasteiger partial charge in [-0.05, 0) is 29.6 Å². The molecular formula is C13H10N2S2. The van der Waals surface area contributed by atoms with Crippen LogP contribution in [0.2, 0.25) is 0 Å². The SMILES string of the molecule is c1ccc(Sc2cc(-c3cccs3)[nH]n2)cc1. The van der Waals surface area contributed by atoms with Crippen molar-refractivity contribution in [2.75, 3.05) is 0 Å². The topological polar surface area (TPSA) is 28.7 Å². The molecule has 2 heterocycles. The number of thiophene rings is 1. The highest BCUT2D eigenvalue weighted by Crippen LogP contribution is 2.30. The third kappa shape index (κ3) is 2.43. The molecule has 0 spiro atoms. The summed E-state index contributed by atoms with van der Waals surface area (Å²) in [6.07, 6.45) is 0. The Labute approximate surface area is 108 Å². The summed E-state index contributed by atoms with van der Waals surface area (Å²) in [4.78, 5) is 2.43. The van der Waals surface area contributed by atoms with Crippen molar-refractivity contribution in [1.29, 1.82) is 0 Å². The number of rotatable bonds is 3. The molecule has 0 radical (unpaired) electrons. The molecule has 0 saturated carbocycles. The Morgan fingerprint density at radius 1 is 1.06 bits per heavy atom. The predicted molar refractivity (Wildman–Crippen MR) is 72.5 cm³/mol. The number of hydrogen-bond acceptors (Lipinski definition) is 3. The first-order valence-electron chi connectivity index (χ1n) is 5.24. The monoisotopic (exact) mass is 258 g/mol. The zero-order chi connectivity index (χ0) is 11.5. The average Bonchev–Trinajstić information content (AvgIpc) is 3.00. The molecule has 3 aromatic rings. The zero-order valence-corrected chi connectivity index (χ0v) is 10.6. The minimum Gasteiger partial charge on any atom is -0.276 e. The van der Waals surface area contributed by atoms with Crippen LogP contribution in [0.4, 0.5) is 0 Å². The molecular weight excluding hydrogens is 248 g/mol. The quantitative estimate of drug-likeness (QED) is 0.759. The van der Waals surface area contributed by atoms with Gasteiger partial charge in [0.25, 0.3) is 0 Å². The molecule has 0 aliphatic carbocycles. The molecule has 3 rings (SSSR count). The van der Waals surface area contributed by atoms with Crippen molar-refractivity contribution in [3.8, 4) is 10.6 Å². The lowest BCUT2D eigenvalue weighted by Crippen LogP contribution is -1.72. The highest BCUT2D eigenvalue weighted by Gasteiger charge is 2.05. The lowest BCUT2D eigenvalue weighted by molar-refractivity contribution is 1.01. The van der Waals surface area contributed by atoms with Crippen molar-refractivity contribution >= 4 is 23.1 Å². The summed E-state index contributed by atoms with van der Waals surface area (Å²) in [5.41, 5.74) is 1.08. The van der Waals surface area contributed by atoms with E-state index in [9.17, 15) is 0 Å². The van der Waals surface area contributed by atoms with Crippen LogP contribution in [0.3, 0.4) is 0 Å². The van der Waals surface area contributed by atoms with Crippen molar-refractivity contribution in [1.82, 2.24) is 10.2 Å². The van der Waals surface area contributed by atoms with Gasteiger partial charge in [0.15, 0.2) is 0 Å². The van der Waals surface area contributed by atoms with E-state index in [2.05, 4.69) is 39.8 Å². The van der Waals surface area contributed by atoms with Crippen molar-refractivity contribution in [2.45, 2.75) is 9.92 Å². The molecule has 0 fully saturated rings. The van der Waals surface area contributed by atoms with E-state index in [4.69, 9.17) is 0 Å². The molecule has 2 nitrogen and oxygen atoms in total. The van der Waals surface area contributed by atoms with E-state index in [1.165, 1.54) is 9.77 Å². The van der Waals surface area contributed by atoms with Crippen molar-refractivity contribution in [3.05, 3.63) is 53.9 Å². The van der Waals surface area contributed by atoms with Gasteiger partial charge in [-0.25, -0.2) is 0 Å². The van der Waals surface area contributed by atoms with Crippen molar-refractivity contribution in [3.63, 3.8) is 0 Å². The normalized spacial score (nSPS) is 10.6. The van der Waals surface area contributed by atoms with Crippen LogP contribution in [0.5, 0.6) is 0 Å². The summed E-state index contributed by atoms with van der Waals surface area (Å²) in [6.45, 7) is 0. The highest BCUT2D eigenvalue weighted by molar-refractivity contribution is 7.99. The number of nitrogens with one attached hydrogen (secondary N) is 1. The standard InChI is InChI=1S/C13H10N2S2/c1-2-5-10(6-3-1)17-13-9-11(14-15-13)12-7-4-8-16-12/h1-9H,(H,14,15). The van der Waals surface area contributed by atoms with Gasteiger partial charge in [-0.2, -0.15) is 5.10 Å². The fourth-order valence-corrected chi connectivity index (χ4v) is 3.02. The maximum atomic E-state index is 4.31. The van der Waals surface area contributed by atoms with Crippen molar-refractivity contribution in [2.24, 2.45) is 0 Å². The average molecular weight is 258 g/mol. The van der Waals surface area contributed by atoms with Crippen molar-refractivity contribution < 1.29 is 0 Å². The molecule has 0 amide bonds. The predicted octanol–water partition coefficient (Wildman–Crippen LogP) is 4.29. The van der Waals surface area contributed by atoms with Crippen LogP contribution >= 0.6 is 23.1 Å². The van der Waals surface area contributed by atoms with Gasteiger partial charge >= 0.3 is 0 Å². The van der Waals surface area contributed by atoms with E-state index in [0.29, 0.717) is 0 Å². The molecule has 0 saturated heterocycles. The Morgan fingerprint density at radius 2 is 1.94 bits per heavy atom. The molecule has 84 valence electrons. The molecule has 0 bridgehead atoms. The summed E-state index contributed by atoms with van der Waals surface area (Å²) in [5.74, 6) is 0. The number of aromatic amines is 1. The summed E-state index contributed by atoms with van der Waals surface area (Å²) < 4.78 is 0. The number of benzene rings is 1. The summed E-state index contributed by atoms with van der Waals surface area (Å²) in [6, 6.07) is 16.5. The van der Waals surface area contributed by atoms with E-state index in [0.717, 1.165) is 10.7 Å². The van der Waals surface area contributed by atoms with E-state index in [1.54, 1.807) is 23.1 Å². The second kappa shape index (κ2) is 4.77. The second-order valence-electron chi connectivity index (χ2n) is 3.51. The molecule has 17 heavy (non-hydrogen) atoms. The molecule has 0 unspecified atom stereocenters. The Bertz CT molecular complexity index is 585. The van der Waals surface area contributed by atoms with E-state index >= 15 is 0 Å². The van der Waals surface area contributed by atoms with Gasteiger partial charge < -0.3 is 0 Å². The molecule has 0 aliphatic rings. The summed E-state index contributed by atoms with van der Waals surface area (Å²) in [7, 11) is 0. The number of aromatic nitrogens is 2. The van der Waals surface area contributed by atoms with Gasteiger partial charge in [-0.15, -0.1) is 11.3 Å². The molecule has 2 aromatic heterocycles. The maximum absolute atomic E-state index is 4.31. The summed E-state index contributed by atoms with van der Waals surface area (Å²) >= 11 is 3.38. The molecule has 0 aliphatic heterocycles. The molecule has 1 aromatic carbocycles. The van der Waals surface area contributed by atoms with Gasteiger partial charge in [0.05, 0.1) is 10.6 Å². The fraction of sp³-hybridized carbons (Fsp3) is 0. The third-order valence-corrected chi connectivity index (χ3v) is 4.14. The van der Waals surface area contributed by atoms with Gasteiger partial charge in [0.1, 0.15) is 5.03 Å². The van der Waals surface area contributed by atoms with Crippen LogP contribution in [0, 0.1) is 0 Å². The van der Waals surface area contributed by atoms with Crippen LogP contribution < -0.4 is 0 Å². The van der Waals surface area contributed by atoms with Gasteiger partial charge in [0.2, 0.25) is 0 Å². The molecule has 0 atom stereocenters. The first kappa shape index (κ1) is 10.6. The smallest absolute Gasteiger partial charge is 0.123 e. The van der Waals surface area contributed by atoms with E-state index in [-0.39, 0.29) is 0 Å². The van der Waals surface area contributed by atoms with E-state index < -0.39 is 0 Å². The molecule has 4 heteroatoms. The Kier molecular flexibility index (Phi) is 2.98. The number of nitrogens with zero attached hydrogens (tertiary/aromatic N) is 1. The van der Waals surface area contributed by atoms with Crippen LogP contribution in [0.1, 0.15) is 0 Å². The van der Waals surface area contributed by atoms with Crippen LogP contribution in [0.25, 0.3) is 10.6 Å². The lowest BCUT2D eigenvalue weighted by atomic mass is 10.3. The first-order valence-corrected chi connectivity index (χ1v) is 6.93. The highest BCUT2D eigenvalue weighted by atomic mass is 32.2. The van der Waals surface area contributed by atoms with Crippen LogP contribution in [0.15, 0.2) is 63.8 Å². The summed E-state index contributed by atoms with van der Waals surface area (Å²) in [5, 5.41) is 10.4. The first-order chi connectivity index (χ1) is 8.42. The largest absolute Gasteiger partial charge is 0.276 e. The zero-order valence-electron chi connectivity index (χ0n) is 8.96. The maximum Gasteiger partial charge on any atom is 0.123 e. The Balaban J connectivity index is 1.82. The lowest BCUT2D eigenvalue weighted by Gasteiger charge is -1.94. The third-order valence-electron chi connectivity index (χ3n) is 2.31. The van der Waals surface area contributed by atoms with Crippen LogP contribution in [-0.2, 0) is 0 Å². The fourth-order valence-electron chi connectivity index (χ4n) is 1.52. The second-order valence-corrected chi connectivity index (χ2v) is 5.55. The van der Waals surface area contributed by atoms with E-state index in [1.807, 2.05) is 24.3 Å². The number of H-pyrrole nitrogens is 1. The minimum absolute atomic E-state index is 1.000. The van der Waals surface area contributed by atoms with Gasteiger partial charge in [-0.3, -0.25) is 5.10 Å². The minimum atomic E-state index is 1.000.